The molecule has 0 aliphatic heterocycles. The van der Waals surface area contributed by atoms with Crippen LogP contribution in [0, 0.1) is 17.8 Å². The molecule has 0 aromatic heterocycles. The molecule has 3 unspecified atom stereocenters. The molecule has 1 saturated carbocycles. The maximum absolute atomic E-state index is 12.1. The number of hydrogen-bond acceptors (Lipinski definition) is 3. The van der Waals surface area contributed by atoms with Gasteiger partial charge in [0.1, 0.15) is 6.61 Å². The van der Waals surface area contributed by atoms with Crippen LogP contribution in [0.4, 0.5) is 0 Å². The number of rotatable bonds is 4. The number of ether oxygens (including phenoxy) is 1. The molecule has 104 valence electrons. The lowest BCUT2D eigenvalue weighted by Crippen LogP contribution is -2.21. The van der Waals surface area contributed by atoms with E-state index in [1.54, 1.807) is 12.1 Å². The summed E-state index contributed by atoms with van der Waals surface area (Å²) in [6.45, 7) is 1.83. The van der Waals surface area contributed by atoms with Crippen LogP contribution in [0.15, 0.2) is 36.4 Å². The Kier molecular flexibility index (Phi) is 3.43. The van der Waals surface area contributed by atoms with Crippen LogP contribution >= 0.6 is 0 Å². The fraction of sp³-hybridized carbons (Fsp3) is 0.412. The Hall–Kier alpha value is -1.90. The molecule has 2 bridgehead atoms. The van der Waals surface area contributed by atoms with E-state index in [0.717, 1.165) is 18.4 Å². The smallest absolute Gasteiger partial charge is 0.309 e. The number of hydrogen-bond donors (Lipinski definition) is 0. The molecule has 3 nitrogen and oxygen atoms in total. The topological polar surface area (TPSA) is 43.4 Å². The maximum atomic E-state index is 12.1. The van der Waals surface area contributed by atoms with E-state index in [4.69, 9.17) is 4.74 Å². The summed E-state index contributed by atoms with van der Waals surface area (Å²) in [6.07, 6.45) is 6.41. The molecular formula is C17H18O3. The molecule has 3 atom stereocenters. The zero-order chi connectivity index (χ0) is 14.1. The lowest BCUT2D eigenvalue weighted by Gasteiger charge is -2.16. The summed E-state index contributed by atoms with van der Waals surface area (Å²) in [4.78, 5) is 23.3. The first-order valence-corrected chi connectivity index (χ1v) is 7.08. The van der Waals surface area contributed by atoms with Crippen LogP contribution in [0.25, 0.3) is 0 Å². The summed E-state index contributed by atoms with van der Waals surface area (Å²) >= 11 is 0. The van der Waals surface area contributed by atoms with Crippen LogP contribution in [0.3, 0.4) is 0 Å². The quantitative estimate of drug-likeness (QED) is 0.479. The molecule has 1 aromatic carbocycles. The average Bonchev–Trinajstić information content (AvgIpc) is 3.08. The minimum atomic E-state index is -0.0857. The van der Waals surface area contributed by atoms with Crippen LogP contribution in [0.2, 0.25) is 0 Å². The molecule has 0 spiro atoms. The second-order valence-corrected chi connectivity index (χ2v) is 5.75. The van der Waals surface area contributed by atoms with Gasteiger partial charge < -0.3 is 4.74 Å². The lowest BCUT2D eigenvalue weighted by molar-refractivity contribution is -0.150. The van der Waals surface area contributed by atoms with E-state index in [1.807, 2.05) is 12.1 Å². The Bertz CT molecular complexity index is 556. The number of fused-ring (bicyclic) bond motifs is 2. The van der Waals surface area contributed by atoms with Crippen molar-refractivity contribution in [2.75, 3.05) is 0 Å². The van der Waals surface area contributed by atoms with Gasteiger partial charge in [-0.15, -0.1) is 0 Å². The molecule has 1 fully saturated rings. The summed E-state index contributed by atoms with van der Waals surface area (Å²) in [7, 11) is 0. The van der Waals surface area contributed by atoms with Gasteiger partial charge in [-0.1, -0.05) is 36.4 Å². The highest BCUT2D eigenvalue weighted by atomic mass is 16.5. The largest absolute Gasteiger partial charge is 0.461 e. The zero-order valence-corrected chi connectivity index (χ0v) is 11.5. The van der Waals surface area contributed by atoms with Gasteiger partial charge in [0.25, 0.3) is 0 Å². The maximum Gasteiger partial charge on any atom is 0.309 e. The number of Topliss-reactive ketones (excluding diaryl/α,β-unsaturated/α-hetero) is 1. The van der Waals surface area contributed by atoms with Crippen LogP contribution in [0.5, 0.6) is 0 Å². The van der Waals surface area contributed by atoms with Crippen LogP contribution in [-0.2, 0) is 16.1 Å². The molecule has 20 heavy (non-hydrogen) atoms. The van der Waals surface area contributed by atoms with Crippen molar-refractivity contribution in [3.05, 3.63) is 47.5 Å². The summed E-state index contributed by atoms with van der Waals surface area (Å²) in [5.41, 5.74) is 1.60. The monoisotopic (exact) mass is 270 g/mol. The fourth-order valence-corrected chi connectivity index (χ4v) is 3.15. The number of allylic oxidation sites excluding steroid dienone is 2. The van der Waals surface area contributed by atoms with Crippen molar-refractivity contribution >= 4 is 11.8 Å². The zero-order valence-electron chi connectivity index (χ0n) is 11.5. The van der Waals surface area contributed by atoms with Crippen molar-refractivity contribution < 1.29 is 14.3 Å². The minimum Gasteiger partial charge on any atom is -0.461 e. The third kappa shape index (κ3) is 2.53. The first-order valence-electron chi connectivity index (χ1n) is 7.08. The number of benzene rings is 1. The van der Waals surface area contributed by atoms with E-state index in [9.17, 15) is 9.59 Å². The van der Waals surface area contributed by atoms with Gasteiger partial charge in [-0.25, -0.2) is 0 Å². The predicted octanol–water partition coefficient (Wildman–Crippen LogP) is 3.14. The summed E-state index contributed by atoms with van der Waals surface area (Å²) < 4.78 is 5.41. The third-order valence-electron chi connectivity index (χ3n) is 4.32. The summed E-state index contributed by atoms with van der Waals surface area (Å²) in [5.74, 6) is 0.960. The first-order chi connectivity index (χ1) is 9.63. The van der Waals surface area contributed by atoms with Crippen molar-refractivity contribution in [3.8, 4) is 0 Å². The number of carbonyl (C=O) groups is 2. The van der Waals surface area contributed by atoms with Crippen molar-refractivity contribution in [1.29, 1.82) is 0 Å². The molecule has 0 heterocycles. The predicted molar refractivity (Wildman–Crippen MR) is 75.1 cm³/mol. The Balaban J connectivity index is 1.55. The normalized spacial score (nSPS) is 26.8. The SMILES string of the molecule is CC(=O)c1ccc(COC(=O)C2CC3C=CC2C3)cc1. The molecule has 1 aromatic rings. The van der Waals surface area contributed by atoms with E-state index in [0.29, 0.717) is 17.4 Å². The summed E-state index contributed by atoms with van der Waals surface area (Å²) in [5, 5.41) is 0. The molecule has 0 amide bonds. The molecule has 0 radical (unpaired) electrons. The number of esters is 1. The molecule has 3 heteroatoms. The van der Waals surface area contributed by atoms with Crippen molar-refractivity contribution in [3.63, 3.8) is 0 Å². The van der Waals surface area contributed by atoms with Crippen LogP contribution in [0.1, 0.15) is 35.7 Å². The van der Waals surface area contributed by atoms with E-state index in [2.05, 4.69) is 12.2 Å². The second-order valence-electron chi connectivity index (χ2n) is 5.75. The third-order valence-corrected chi connectivity index (χ3v) is 4.32. The van der Waals surface area contributed by atoms with E-state index >= 15 is 0 Å². The van der Waals surface area contributed by atoms with Crippen LogP contribution < -0.4 is 0 Å². The highest BCUT2D eigenvalue weighted by molar-refractivity contribution is 5.94. The van der Waals surface area contributed by atoms with Crippen molar-refractivity contribution in [1.82, 2.24) is 0 Å². The van der Waals surface area contributed by atoms with Crippen LogP contribution in [-0.4, -0.2) is 11.8 Å². The standard InChI is InChI=1S/C17H18O3/c1-11(18)14-5-2-12(3-6-14)10-20-17(19)16-9-13-4-7-15(16)8-13/h2-7,13,15-16H,8-10H2,1H3. The van der Waals surface area contributed by atoms with Gasteiger partial charge in [0.2, 0.25) is 0 Å². The molecule has 2 aliphatic rings. The van der Waals surface area contributed by atoms with Gasteiger partial charge in [0.15, 0.2) is 5.78 Å². The Labute approximate surface area is 118 Å². The Morgan fingerprint density at radius 1 is 1.15 bits per heavy atom. The van der Waals surface area contributed by atoms with E-state index < -0.39 is 0 Å². The molecular weight excluding hydrogens is 252 g/mol. The second kappa shape index (κ2) is 5.23. The van der Waals surface area contributed by atoms with Gasteiger partial charge >= 0.3 is 5.97 Å². The van der Waals surface area contributed by atoms with Gasteiger partial charge in [0, 0.05) is 5.56 Å². The highest BCUT2D eigenvalue weighted by Gasteiger charge is 2.40. The molecule has 0 saturated heterocycles. The molecule has 2 aliphatic carbocycles. The molecule has 0 N–H and O–H groups in total. The summed E-state index contributed by atoms with van der Waals surface area (Å²) in [6, 6.07) is 7.22. The van der Waals surface area contributed by atoms with Crippen molar-refractivity contribution in [2.24, 2.45) is 17.8 Å². The van der Waals surface area contributed by atoms with Gasteiger partial charge in [-0.2, -0.15) is 0 Å². The Morgan fingerprint density at radius 2 is 1.90 bits per heavy atom. The molecule has 3 rings (SSSR count). The minimum absolute atomic E-state index is 0.0430. The Morgan fingerprint density at radius 3 is 2.45 bits per heavy atom. The lowest BCUT2D eigenvalue weighted by atomic mass is 9.94. The van der Waals surface area contributed by atoms with Gasteiger partial charge in [-0.3, -0.25) is 9.59 Å². The highest BCUT2D eigenvalue weighted by Crippen LogP contribution is 2.43. The van der Waals surface area contributed by atoms with E-state index in [-0.39, 0.29) is 24.3 Å². The number of ketones is 1. The van der Waals surface area contributed by atoms with Gasteiger partial charge in [-0.05, 0) is 37.2 Å². The fourth-order valence-electron chi connectivity index (χ4n) is 3.15. The van der Waals surface area contributed by atoms with E-state index in [1.165, 1.54) is 6.92 Å². The first kappa shape index (κ1) is 13.1. The average molecular weight is 270 g/mol. The van der Waals surface area contributed by atoms with Crippen molar-refractivity contribution in [2.45, 2.75) is 26.4 Å². The number of carbonyl (C=O) groups excluding carboxylic acids is 2. The van der Waals surface area contributed by atoms with Gasteiger partial charge in [0.05, 0.1) is 5.92 Å².